The van der Waals surface area contributed by atoms with Gasteiger partial charge in [-0.15, -0.1) is 13.2 Å². The molecule has 0 aliphatic carbocycles. The second-order valence-corrected chi connectivity index (χ2v) is 1.75. The van der Waals surface area contributed by atoms with E-state index in [4.69, 9.17) is 14.6 Å². The van der Waals surface area contributed by atoms with E-state index >= 15 is 0 Å². The Morgan fingerprint density at radius 2 is 2.10 bits per heavy atom. The SMILES string of the molecule is C=C.OCC1COCCO1. The van der Waals surface area contributed by atoms with Crippen molar-refractivity contribution < 1.29 is 14.6 Å². The van der Waals surface area contributed by atoms with Gasteiger partial charge in [0, 0.05) is 0 Å². The van der Waals surface area contributed by atoms with Gasteiger partial charge in [-0.1, -0.05) is 0 Å². The van der Waals surface area contributed by atoms with Crippen molar-refractivity contribution in [2.24, 2.45) is 0 Å². The molecule has 3 heteroatoms. The lowest BCUT2D eigenvalue weighted by molar-refractivity contribution is -0.105. The van der Waals surface area contributed by atoms with Crippen molar-refractivity contribution in [1.82, 2.24) is 0 Å². The third-order valence-electron chi connectivity index (χ3n) is 1.09. The molecule has 1 aliphatic rings. The molecule has 0 saturated carbocycles. The van der Waals surface area contributed by atoms with Crippen molar-refractivity contribution >= 4 is 0 Å². The van der Waals surface area contributed by atoms with Crippen molar-refractivity contribution in [3.05, 3.63) is 13.2 Å². The second-order valence-electron chi connectivity index (χ2n) is 1.75. The molecule has 60 valence electrons. The summed E-state index contributed by atoms with van der Waals surface area (Å²) in [6, 6.07) is 0. The summed E-state index contributed by atoms with van der Waals surface area (Å²) >= 11 is 0. The van der Waals surface area contributed by atoms with E-state index in [2.05, 4.69) is 13.2 Å². The molecule has 0 amide bonds. The first-order valence-electron chi connectivity index (χ1n) is 3.23. The third kappa shape index (κ3) is 3.61. The van der Waals surface area contributed by atoms with Crippen LogP contribution in [-0.4, -0.2) is 37.6 Å². The molecule has 1 atom stereocenters. The van der Waals surface area contributed by atoms with Gasteiger partial charge >= 0.3 is 0 Å². The van der Waals surface area contributed by atoms with Crippen molar-refractivity contribution in [3.8, 4) is 0 Å². The van der Waals surface area contributed by atoms with Crippen LogP contribution in [0.2, 0.25) is 0 Å². The molecule has 0 aromatic rings. The fraction of sp³-hybridized carbons (Fsp3) is 0.714. The molecular formula is C7H14O3. The number of ether oxygens (including phenoxy) is 2. The molecule has 0 spiro atoms. The van der Waals surface area contributed by atoms with Crippen molar-refractivity contribution in [2.45, 2.75) is 6.10 Å². The fourth-order valence-electron chi connectivity index (χ4n) is 0.642. The van der Waals surface area contributed by atoms with Crippen LogP contribution in [0.5, 0.6) is 0 Å². The normalized spacial score (nSPS) is 24.7. The van der Waals surface area contributed by atoms with Gasteiger partial charge in [0.1, 0.15) is 6.10 Å². The molecule has 1 N–H and O–H groups in total. The van der Waals surface area contributed by atoms with Gasteiger partial charge in [0.05, 0.1) is 26.4 Å². The maximum absolute atomic E-state index is 8.49. The first-order valence-corrected chi connectivity index (χ1v) is 3.23. The summed E-state index contributed by atoms with van der Waals surface area (Å²) in [7, 11) is 0. The lowest BCUT2D eigenvalue weighted by Gasteiger charge is -2.20. The van der Waals surface area contributed by atoms with Gasteiger partial charge in [0.2, 0.25) is 0 Å². The number of rotatable bonds is 1. The van der Waals surface area contributed by atoms with Crippen LogP contribution >= 0.6 is 0 Å². The number of hydrogen-bond donors (Lipinski definition) is 1. The Morgan fingerprint density at radius 1 is 1.40 bits per heavy atom. The van der Waals surface area contributed by atoms with E-state index < -0.39 is 0 Å². The fourth-order valence-corrected chi connectivity index (χ4v) is 0.642. The van der Waals surface area contributed by atoms with Gasteiger partial charge in [-0.05, 0) is 0 Å². The second kappa shape index (κ2) is 6.74. The number of aliphatic hydroxyl groups is 1. The van der Waals surface area contributed by atoms with E-state index in [1.807, 2.05) is 0 Å². The van der Waals surface area contributed by atoms with E-state index in [0.717, 1.165) is 0 Å². The average molecular weight is 146 g/mol. The minimum absolute atomic E-state index is 0.0694. The van der Waals surface area contributed by atoms with Crippen molar-refractivity contribution in [3.63, 3.8) is 0 Å². The van der Waals surface area contributed by atoms with Crippen molar-refractivity contribution in [1.29, 1.82) is 0 Å². The molecule has 1 saturated heterocycles. The van der Waals surface area contributed by atoms with Crippen LogP contribution in [0.25, 0.3) is 0 Å². The first kappa shape index (κ1) is 9.62. The minimum Gasteiger partial charge on any atom is -0.394 e. The Morgan fingerprint density at radius 3 is 2.40 bits per heavy atom. The molecule has 1 heterocycles. The Balaban J connectivity index is 0.000000371. The molecule has 0 aromatic heterocycles. The van der Waals surface area contributed by atoms with Crippen LogP contribution in [0.4, 0.5) is 0 Å². The molecule has 0 radical (unpaired) electrons. The maximum atomic E-state index is 8.49. The molecular weight excluding hydrogens is 132 g/mol. The predicted octanol–water partition coefficient (Wildman–Crippen LogP) is 0.196. The zero-order valence-corrected chi connectivity index (χ0v) is 6.08. The van der Waals surface area contributed by atoms with Crippen LogP contribution in [-0.2, 0) is 9.47 Å². The summed E-state index contributed by atoms with van der Waals surface area (Å²) in [6.45, 7) is 7.89. The molecule has 0 aromatic carbocycles. The Hall–Kier alpha value is -0.380. The van der Waals surface area contributed by atoms with Crippen molar-refractivity contribution in [2.75, 3.05) is 26.4 Å². The summed E-state index contributed by atoms with van der Waals surface area (Å²) in [4.78, 5) is 0. The Bertz CT molecular complexity index is 69.3. The maximum Gasteiger partial charge on any atom is 0.104 e. The van der Waals surface area contributed by atoms with Gasteiger partial charge in [-0.25, -0.2) is 0 Å². The lowest BCUT2D eigenvalue weighted by Crippen LogP contribution is -2.31. The van der Waals surface area contributed by atoms with Crippen LogP contribution < -0.4 is 0 Å². The zero-order valence-electron chi connectivity index (χ0n) is 6.08. The summed E-state index contributed by atoms with van der Waals surface area (Å²) in [5, 5.41) is 8.49. The Labute approximate surface area is 61.3 Å². The third-order valence-corrected chi connectivity index (χ3v) is 1.09. The van der Waals surface area contributed by atoms with E-state index in [-0.39, 0.29) is 12.7 Å². The van der Waals surface area contributed by atoms with Crippen LogP contribution in [0.1, 0.15) is 0 Å². The summed E-state index contributed by atoms with van der Waals surface area (Å²) in [6.07, 6.45) is -0.0799. The quantitative estimate of drug-likeness (QED) is 0.537. The van der Waals surface area contributed by atoms with E-state index in [9.17, 15) is 0 Å². The summed E-state index contributed by atoms with van der Waals surface area (Å²) in [5.74, 6) is 0. The number of hydrogen-bond acceptors (Lipinski definition) is 3. The Kier molecular flexibility index (Phi) is 6.48. The van der Waals surface area contributed by atoms with Gasteiger partial charge < -0.3 is 14.6 Å². The molecule has 1 aliphatic heterocycles. The van der Waals surface area contributed by atoms with Crippen LogP contribution in [0.15, 0.2) is 13.2 Å². The van der Waals surface area contributed by atoms with E-state index in [0.29, 0.717) is 19.8 Å². The van der Waals surface area contributed by atoms with E-state index in [1.54, 1.807) is 0 Å². The molecule has 10 heavy (non-hydrogen) atoms. The highest BCUT2D eigenvalue weighted by Gasteiger charge is 2.11. The van der Waals surface area contributed by atoms with Gasteiger partial charge in [-0.2, -0.15) is 0 Å². The highest BCUT2D eigenvalue weighted by Crippen LogP contribution is 1.97. The van der Waals surface area contributed by atoms with Gasteiger partial charge in [-0.3, -0.25) is 0 Å². The molecule has 1 unspecified atom stereocenters. The molecule has 0 bridgehead atoms. The first-order chi connectivity index (χ1) is 4.93. The monoisotopic (exact) mass is 146 g/mol. The highest BCUT2D eigenvalue weighted by molar-refractivity contribution is 4.56. The summed E-state index contributed by atoms with van der Waals surface area (Å²) in [5.41, 5.74) is 0. The topological polar surface area (TPSA) is 38.7 Å². The molecule has 1 fully saturated rings. The molecule has 1 rings (SSSR count). The highest BCUT2D eigenvalue weighted by atomic mass is 16.6. The predicted molar refractivity (Wildman–Crippen MR) is 38.9 cm³/mol. The minimum atomic E-state index is -0.0799. The summed E-state index contributed by atoms with van der Waals surface area (Å²) < 4.78 is 10.0. The standard InChI is InChI=1S/C5H10O3.C2H4/c6-3-5-4-7-1-2-8-5;1-2/h5-6H,1-4H2;1-2H2. The smallest absolute Gasteiger partial charge is 0.104 e. The lowest BCUT2D eigenvalue weighted by atomic mass is 10.4. The zero-order chi connectivity index (χ0) is 7.82. The molecule has 3 nitrogen and oxygen atoms in total. The van der Waals surface area contributed by atoms with Crippen LogP contribution in [0, 0.1) is 0 Å². The van der Waals surface area contributed by atoms with Crippen LogP contribution in [0.3, 0.4) is 0 Å². The van der Waals surface area contributed by atoms with E-state index in [1.165, 1.54) is 0 Å². The van der Waals surface area contributed by atoms with Gasteiger partial charge in [0.15, 0.2) is 0 Å². The van der Waals surface area contributed by atoms with Gasteiger partial charge in [0.25, 0.3) is 0 Å². The number of aliphatic hydroxyl groups excluding tert-OH is 1. The largest absolute Gasteiger partial charge is 0.394 e. The average Bonchev–Trinajstić information content (AvgIpc) is 2.10.